The number of anilines is 1. The van der Waals surface area contributed by atoms with E-state index in [0.717, 1.165) is 12.2 Å². The van der Waals surface area contributed by atoms with Crippen LogP contribution in [0.4, 0.5) is 5.82 Å². The maximum absolute atomic E-state index is 5.36. The van der Waals surface area contributed by atoms with E-state index in [1.165, 1.54) is 0 Å². The van der Waals surface area contributed by atoms with E-state index in [9.17, 15) is 0 Å². The van der Waals surface area contributed by atoms with Gasteiger partial charge in [0.2, 0.25) is 5.88 Å². The quantitative estimate of drug-likeness (QED) is 0.750. The van der Waals surface area contributed by atoms with Gasteiger partial charge in [-0.3, -0.25) is 0 Å². The standard InChI is InChI=1S/C12H19N3O/c1-5-7-9(3)13-11-8-12(16-6-2)15-10(4)14-11/h5,8-9H,1,6-7H2,2-4H3,(H,13,14,15). The van der Waals surface area contributed by atoms with Gasteiger partial charge in [-0.25, -0.2) is 4.98 Å². The number of ether oxygens (including phenoxy) is 1. The molecule has 0 bridgehead atoms. The van der Waals surface area contributed by atoms with Crippen LogP contribution in [0, 0.1) is 6.92 Å². The summed E-state index contributed by atoms with van der Waals surface area (Å²) in [6, 6.07) is 2.12. The van der Waals surface area contributed by atoms with Gasteiger partial charge in [0.25, 0.3) is 0 Å². The lowest BCUT2D eigenvalue weighted by Gasteiger charge is -2.13. The molecule has 0 aliphatic rings. The monoisotopic (exact) mass is 221 g/mol. The molecule has 0 saturated carbocycles. The highest BCUT2D eigenvalue weighted by molar-refractivity contribution is 5.39. The maximum atomic E-state index is 5.36. The molecule has 4 nitrogen and oxygen atoms in total. The van der Waals surface area contributed by atoms with E-state index in [0.29, 0.717) is 24.4 Å². The molecule has 16 heavy (non-hydrogen) atoms. The van der Waals surface area contributed by atoms with Gasteiger partial charge in [0.1, 0.15) is 11.6 Å². The van der Waals surface area contributed by atoms with Crippen LogP contribution in [-0.4, -0.2) is 22.6 Å². The molecular formula is C12H19N3O. The van der Waals surface area contributed by atoms with Crippen molar-refractivity contribution >= 4 is 5.82 Å². The summed E-state index contributed by atoms with van der Waals surface area (Å²) in [6.45, 7) is 10.2. The Bertz CT molecular complexity index is 352. The van der Waals surface area contributed by atoms with E-state index < -0.39 is 0 Å². The lowest BCUT2D eigenvalue weighted by molar-refractivity contribution is 0.325. The Morgan fingerprint density at radius 3 is 2.94 bits per heavy atom. The van der Waals surface area contributed by atoms with Gasteiger partial charge in [-0.1, -0.05) is 6.08 Å². The minimum atomic E-state index is 0.307. The summed E-state index contributed by atoms with van der Waals surface area (Å²) in [5.41, 5.74) is 0. The van der Waals surface area contributed by atoms with Crippen LogP contribution in [0.5, 0.6) is 5.88 Å². The summed E-state index contributed by atoms with van der Waals surface area (Å²) in [6.07, 6.45) is 2.78. The first-order chi connectivity index (χ1) is 7.65. The Morgan fingerprint density at radius 1 is 1.56 bits per heavy atom. The molecule has 1 aromatic heterocycles. The summed E-state index contributed by atoms with van der Waals surface area (Å²) in [5.74, 6) is 2.12. The van der Waals surface area contributed by atoms with Gasteiger partial charge in [-0.2, -0.15) is 4.98 Å². The molecule has 0 saturated heterocycles. The van der Waals surface area contributed by atoms with Gasteiger partial charge >= 0.3 is 0 Å². The number of hydrogen-bond acceptors (Lipinski definition) is 4. The molecule has 1 unspecified atom stereocenters. The van der Waals surface area contributed by atoms with Crippen LogP contribution in [0.25, 0.3) is 0 Å². The average molecular weight is 221 g/mol. The third-order valence-electron chi connectivity index (χ3n) is 2.02. The van der Waals surface area contributed by atoms with Crippen molar-refractivity contribution in [2.75, 3.05) is 11.9 Å². The molecule has 0 aliphatic heterocycles. The van der Waals surface area contributed by atoms with Gasteiger partial charge < -0.3 is 10.1 Å². The van der Waals surface area contributed by atoms with Crippen molar-refractivity contribution in [3.05, 3.63) is 24.5 Å². The molecule has 1 aromatic rings. The van der Waals surface area contributed by atoms with Crippen molar-refractivity contribution in [1.29, 1.82) is 0 Å². The van der Waals surface area contributed by atoms with Crippen LogP contribution in [0.1, 0.15) is 26.1 Å². The number of rotatable bonds is 6. The van der Waals surface area contributed by atoms with Gasteiger partial charge in [-0.15, -0.1) is 6.58 Å². The highest BCUT2D eigenvalue weighted by atomic mass is 16.5. The van der Waals surface area contributed by atoms with Crippen LogP contribution >= 0.6 is 0 Å². The zero-order chi connectivity index (χ0) is 12.0. The molecule has 4 heteroatoms. The minimum absolute atomic E-state index is 0.307. The second kappa shape index (κ2) is 6.10. The molecule has 1 heterocycles. The van der Waals surface area contributed by atoms with Crippen molar-refractivity contribution < 1.29 is 4.74 Å². The van der Waals surface area contributed by atoms with Crippen LogP contribution in [0.15, 0.2) is 18.7 Å². The fourth-order valence-corrected chi connectivity index (χ4v) is 1.40. The third kappa shape index (κ3) is 3.88. The number of nitrogens with one attached hydrogen (secondary N) is 1. The SMILES string of the molecule is C=CCC(C)Nc1cc(OCC)nc(C)n1. The smallest absolute Gasteiger partial charge is 0.218 e. The fraction of sp³-hybridized carbons (Fsp3) is 0.500. The summed E-state index contributed by atoms with van der Waals surface area (Å²) in [5, 5.41) is 3.28. The van der Waals surface area contributed by atoms with Crippen molar-refractivity contribution in [3.63, 3.8) is 0 Å². The highest BCUT2D eigenvalue weighted by Gasteiger charge is 2.05. The van der Waals surface area contributed by atoms with Crippen molar-refractivity contribution in [3.8, 4) is 5.88 Å². The van der Waals surface area contributed by atoms with E-state index in [4.69, 9.17) is 4.74 Å². The first-order valence-corrected chi connectivity index (χ1v) is 5.51. The molecule has 0 radical (unpaired) electrons. The molecule has 1 N–H and O–H groups in total. The van der Waals surface area contributed by atoms with E-state index >= 15 is 0 Å². The van der Waals surface area contributed by atoms with Crippen LogP contribution in [0.2, 0.25) is 0 Å². The van der Waals surface area contributed by atoms with Crippen molar-refractivity contribution in [2.45, 2.75) is 33.2 Å². The Morgan fingerprint density at radius 2 is 2.31 bits per heavy atom. The van der Waals surface area contributed by atoms with Gasteiger partial charge in [0.15, 0.2) is 0 Å². The largest absolute Gasteiger partial charge is 0.478 e. The van der Waals surface area contributed by atoms with E-state index in [1.54, 1.807) is 0 Å². The zero-order valence-electron chi connectivity index (χ0n) is 10.2. The number of aromatic nitrogens is 2. The lowest BCUT2D eigenvalue weighted by atomic mass is 10.2. The number of aryl methyl sites for hydroxylation is 1. The summed E-state index contributed by atoms with van der Waals surface area (Å²) in [7, 11) is 0. The zero-order valence-corrected chi connectivity index (χ0v) is 10.2. The van der Waals surface area contributed by atoms with E-state index in [-0.39, 0.29) is 0 Å². The van der Waals surface area contributed by atoms with Crippen LogP contribution in [-0.2, 0) is 0 Å². The number of nitrogens with zero attached hydrogens (tertiary/aromatic N) is 2. The second-order valence-corrected chi connectivity index (χ2v) is 3.64. The molecule has 1 atom stereocenters. The highest BCUT2D eigenvalue weighted by Crippen LogP contribution is 2.14. The average Bonchev–Trinajstić information content (AvgIpc) is 2.17. The third-order valence-corrected chi connectivity index (χ3v) is 2.02. The molecule has 0 amide bonds. The maximum Gasteiger partial charge on any atom is 0.218 e. The van der Waals surface area contributed by atoms with Crippen molar-refractivity contribution in [1.82, 2.24) is 9.97 Å². The van der Waals surface area contributed by atoms with E-state index in [2.05, 4.69) is 28.8 Å². The first-order valence-electron chi connectivity index (χ1n) is 5.51. The van der Waals surface area contributed by atoms with Crippen molar-refractivity contribution in [2.24, 2.45) is 0 Å². The summed E-state index contributed by atoms with van der Waals surface area (Å²) >= 11 is 0. The Kier molecular flexibility index (Phi) is 4.76. The predicted octanol–water partition coefficient (Wildman–Crippen LogP) is 2.56. The first kappa shape index (κ1) is 12.5. The van der Waals surface area contributed by atoms with Crippen LogP contribution in [0.3, 0.4) is 0 Å². The molecule has 0 aromatic carbocycles. The van der Waals surface area contributed by atoms with Gasteiger partial charge in [0.05, 0.1) is 6.61 Å². The summed E-state index contributed by atoms with van der Waals surface area (Å²) in [4.78, 5) is 8.49. The number of hydrogen-bond donors (Lipinski definition) is 1. The molecule has 1 rings (SSSR count). The molecule has 0 spiro atoms. The lowest BCUT2D eigenvalue weighted by Crippen LogP contribution is -2.15. The fourth-order valence-electron chi connectivity index (χ4n) is 1.40. The minimum Gasteiger partial charge on any atom is -0.478 e. The Hall–Kier alpha value is -1.58. The van der Waals surface area contributed by atoms with Gasteiger partial charge in [-0.05, 0) is 27.2 Å². The Balaban J connectivity index is 2.75. The van der Waals surface area contributed by atoms with Crippen LogP contribution < -0.4 is 10.1 Å². The molecule has 0 fully saturated rings. The molecule has 0 aliphatic carbocycles. The van der Waals surface area contributed by atoms with Gasteiger partial charge in [0, 0.05) is 12.1 Å². The topological polar surface area (TPSA) is 47.0 Å². The van der Waals surface area contributed by atoms with E-state index in [1.807, 2.05) is 26.0 Å². The second-order valence-electron chi connectivity index (χ2n) is 3.64. The molecule has 88 valence electrons. The molecular weight excluding hydrogens is 202 g/mol. The predicted molar refractivity (Wildman–Crippen MR) is 65.8 cm³/mol. The summed E-state index contributed by atoms with van der Waals surface area (Å²) < 4.78 is 5.36. The normalized spacial score (nSPS) is 11.9. The Labute approximate surface area is 96.8 Å².